The van der Waals surface area contributed by atoms with Crippen molar-refractivity contribution in [3.63, 3.8) is 0 Å². The first-order chi connectivity index (χ1) is 9.24. The Balaban J connectivity index is 1.98. The van der Waals surface area contributed by atoms with E-state index < -0.39 is 0 Å². The van der Waals surface area contributed by atoms with Gasteiger partial charge in [-0.1, -0.05) is 18.2 Å². The van der Waals surface area contributed by atoms with Crippen LogP contribution in [0.5, 0.6) is 5.75 Å². The summed E-state index contributed by atoms with van der Waals surface area (Å²) in [6, 6.07) is 9.38. The lowest BCUT2D eigenvalue weighted by Crippen LogP contribution is -2.29. The summed E-state index contributed by atoms with van der Waals surface area (Å²) in [6.45, 7) is 5.00. The van der Waals surface area contributed by atoms with Gasteiger partial charge in [0.25, 0.3) is 0 Å². The van der Waals surface area contributed by atoms with Gasteiger partial charge in [-0.05, 0) is 45.4 Å². The molecule has 3 unspecified atom stereocenters. The summed E-state index contributed by atoms with van der Waals surface area (Å²) < 4.78 is 5.72. The lowest BCUT2D eigenvalue weighted by atomic mass is 10.1. The van der Waals surface area contributed by atoms with E-state index >= 15 is 0 Å². The highest BCUT2D eigenvalue weighted by Gasteiger charge is 2.25. The molecule has 3 heteroatoms. The monoisotopic (exact) mass is 279 g/mol. The molecule has 19 heavy (non-hydrogen) atoms. The van der Waals surface area contributed by atoms with Crippen LogP contribution in [0.1, 0.15) is 44.7 Å². The zero-order valence-corrected chi connectivity index (χ0v) is 13.0. The molecule has 2 rings (SSSR count). The van der Waals surface area contributed by atoms with E-state index in [0.29, 0.717) is 12.1 Å². The Labute approximate surface area is 121 Å². The van der Waals surface area contributed by atoms with Gasteiger partial charge in [0.2, 0.25) is 0 Å². The predicted octanol–water partition coefficient (Wildman–Crippen LogP) is 4.02. The van der Waals surface area contributed by atoms with Crippen LogP contribution in [0.4, 0.5) is 0 Å². The van der Waals surface area contributed by atoms with Gasteiger partial charge >= 0.3 is 0 Å². The fourth-order valence-corrected chi connectivity index (χ4v) is 3.67. The maximum absolute atomic E-state index is 5.72. The first-order valence-electron chi connectivity index (χ1n) is 7.25. The Hall–Kier alpha value is -0.670. The Morgan fingerprint density at radius 2 is 2.16 bits per heavy atom. The average Bonchev–Trinajstić information content (AvgIpc) is 2.87. The van der Waals surface area contributed by atoms with Crippen molar-refractivity contribution < 1.29 is 4.74 Å². The molecule has 3 atom stereocenters. The van der Waals surface area contributed by atoms with E-state index in [-0.39, 0.29) is 0 Å². The molecule has 0 heterocycles. The minimum absolute atomic E-state index is 0.355. The minimum Gasteiger partial charge on any atom is -0.494 e. The first kappa shape index (κ1) is 14.7. The zero-order valence-electron chi connectivity index (χ0n) is 12.2. The SMILES string of the molecule is CCOc1ccccc1C(C)NC1CCC(SC)C1. The molecule has 1 aromatic rings. The molecule has 1 saturated carbocycles. The number of ether oxygens (including phenoxy) is 1. The molecule has 0 radical (unpaired) electrons. The summed E-state index contributed by atoms with van der Waals surface area (Å²) in [5, 5.41) is 4.60. The molecule has 1 fully saturated rings. The van der Waals surface area contributed by atoms with Crippen molar-refractivity contribution in [3.05, 3.63) is 29.8 Å². The van der Waals surface area contributed by atoms with Crippen LogP contribution >= 0.6 is 11.8 Å². The van der Waals surface area contributed by atoms with Crippen LogP contribution in [0.25, 0.3) is 0 Å². The van der Waals surface area contributed by atoms with Gasteiger partial charge < -0.3 is 10.1 Å². The lowest BCUT2D eigenvalue weighted by molar-refractivity contribution is 0.330. The van der Waals surface area contributed by atoms with E-state index in [1.165, 1.54) is 24.8 Å². The molecule has 0 bridgehead atoms. The van der Waals surface area contributed by atoms with Crippen molar-refractivity contribution in [3.8, 4) is 5.75 Å². The molecular weight excluding hydrogens is 254 g/mol. The summed E-state index contributed by atoms with van der Waals surface area (Å²) in [5.74, 6) is 1.02. The topological polar surface area (TPSA) is 21.3 Å². The van der Waals surface area contributed by atoms with Crippen molar-refractivity contribution in [1.82, 2.24) is 5.32 Å². The van der Waals surface area contributed by atoms with Crippen molar-refractivity contribution in [1.29, 1.82) is 0 Å². The van der Waals surface area contributed by atoms with Crippen LogP contribution in [0, 0.1) is 0 Å². The summed E-state index contributed by atoms with van der Waals surface area (Å²) in [5.41, 5.74) is 1.27. The molecule has 2 nitrogen and oxygen atoms in total. The maximum atomic E-state index is 5.72. The van der Waals surface area contributed by atoms with E-state index in [1.807, 2.05) is 24.8 Å². The smallest absolute Gasteiger partial charge is 0.124 e. The second-order valence-corrected chi connectivity index (χ2v) is 6.36. The number of benzene rings is 1. The predicted molar refractivity (Wildman–Crippen MR) is 84.1 cm³/mol. The summed E-state index contributed by atoms with van der Waals surface area (Å²) >= 11 is 2.01. The number of rotatable bonds is 6. The fraction of sp³-hybridized carbons (Fsp3) is 0.625. The number of thioether (sulfide) groups is 1. The molecule has 106 valence electrons. The molecule has 0 aromatic heterocycles. The molecule has 1 aromatic carbocycles. The molecule has 0 aliphatic heterocycles. The van der Waals surface area contributed by atoms with E-state index in [9.17, 15) is 0 Å². The van der Waals surface area contributed by atoms with Gasteiger partial charge in [0.05, 0.1) is 6.61 Å². The average molecular weight is 279 g/mol. The van der Waals surface area contributed by atoms with Gasteiger partial charge in [0.1, 0.15) is 5.75 Å². The van der Waals surface area contributed by atoms with Gasteiger partial charge in [0.15, 0.2) is 0 Å². The van der Waals surface area contributed by atoms with E-state index in [4.69, 9.17) is 4.74 Å². The summed E-state index contributed by atoms with van der Waals surface area (Å²) in [4.78, 5) is 0. The summed E-state index contributed by atoms with van der Waals surface area (Å²) in [7, 11) is 0. The van der Waals surface area contributed by atoms with Crippen molar-refractivity contribution in [2.24, 2.45) is 0 Å². The Kier molecular flexibility index (Phi) is 5.59. The zero-order chi connectivity index (χ0) is 13.7. The van der Waals surface area contributed by atoms with Crippen LogP contribution in [0.3, 0.4) is 0 Å². The van der Waals surface area contributed by atoms with Gasteiger partial charge in [-0.3, -0.25) is 0 Å². The lowest BCUT2D eigenvalue weighted by Gasteiger charge is -2.22. The normalized spacial score (nSPS) is 24.4. The van der Waals surface area contributed by atoms with Crippen molar-refractivity contribution in [2.75, 3.05) is 12.9 Å². The van der Waals surface area contributed by atoms with Crippen molar-refractivity contribution in [2.45, 2.75) is 50.4 Å². The third-order valence-electron chi connectivity index (χ3n) is 3.89. The first-order valence-corrected chi connectivity index (χ1v) is 8.54. The van der Waals surface area contributed by atoms with Crippen LogP contribution < -0.4 is 10.1 Å². The molecular formula is C16H25NOS. The van der Waals surface area contributed by atoms with E-state index in [0.717, 1.165) is 17.6 Å². The molecule has 0 spiro atoms. The van der Waals surface area contributed by atoms with Crippen LogP contribution in [-0.4, -0.2) is 24.2 Å². The van der Waals surface area contributed by atoms with Crippen molar-refractivity contribution >= 4 is 11.8 Å². The third kappa shape index (κ3) is 3.90. The van der Waals surface area contributed by atoms with Crippen LogP contribution in [0.2, 0.25) is 0 Å². The maximum Gasteiger partial charge on any atom is 0.124 e. The number of hydrogen-bond donors (Lipinski definition) is 1. The minimum atomic E-state index is 0.355. The van der Waals surface area contributed by atoms with Crippen LogP contribution in [0.15, 0.2) is 24.3 Å². The second kappa shape index (κ2) is 7.20. The number of para-hydroxylation sites is 1. The highest BCUT2D eigenvalue weighted by atomic mass is 32.2. The second-order valence-electron chi connectivity index (χ2n) is 5.23. The fourth-order valence-electron chi connectivity index (χ4n) is 2.87. The third-order valence-corrected chi connectivity index (χ3v) is 4.98. The Morgan fingerprint density at radius 3 is 2.84 bits per heavy atom. The molecule has 1 N–H and O–H groups in total. The molecule has 1 aliphatic carbocycles. The Bertz CT molecular complexity index is 396. The van der Waals surface area contributed by atoms with E-state index in [1.54, 1.807) is 0 Å². The van der Waals surface area contributed by atoms with Gasteiger partial charge in [-0.2, -0.15) is 11.8 Å². The quantitative estimate of drug-likeness (QED) is 0.850. The molecule has 1 aliphatic rings. The number of hydrogen-bond acceptors (Lipinski definition) is 3. The van der Waals surface area contributed by atoms with Gasteiger partial charge in [0, 0.05) is 22.9 Å². The van der Waals surface area contributed by atoms with Gasteiger partial charge in [-0.25, -0.2) is 0 Å². The Morgan fingerprint density at radius 1 is 1.37 bits per heavy atom. The van der Waals surface area contributed by atoms with E-state index in [2.05, 4.69) is 36.7 Å². The highest BCUT2D eigenvalue weighted by Crippen LogP contribution is 2.31. The summed E-state index contributed by atoms with van der Waals surface area (Å²) in [6.07, 6.45) is 6.16. The number of nitrogens with one attached hydrogen (secondary N) is 1. The molecule has 0 amide bonds. The standard InChI is InChI=1S/C16H25NOS/c1-4-18-16-8-6-5-7-15(16)12(2)17-13-9-10-14(11-13)19-3/h5-8,12-14,17H,4,9-11H2,1-3H3. The van der Waals surface area contributed by atoms with Gasteiger partial charge in [-0.15, -0.1) is 0 Å². The molecule has 0 saturated heterocycles. The van der Waals surface area contributed by atoms with Crippen LogP contribution in [-0.2, 0) is 0 Å². The largest absolute Gasteiger partial charge is 0.494 e. The highest BCUT2D eigenvalue weighted by molar-refractivity contribution is 7.99.